The van der Waals surface area contributed by atoms with Gasteiger partial charge in [-0.2, -0.15) is 0 Å². The minimum Gasteiger partial charge on any atom is -0.393 e. The molecule has 1 N–H and O–H groups in total. The first-order valence-corrected chi connectivity index (χ1v) is 5.70. The molecule has 4 atom stereocenters. The van der Waals surface area contributed by atoms with Crippen LogP contribution in [0, 0.1) is 23.7 Å². The fourth-order valence-electron chi connectivity index (χ4n) is 2.67. The highest BCUT2D eigenvalue weighted by atomic mass is 16.3. The van der Waals surface area contributed by atoms with Gasteiger partial charge in [-0.25, -0.2) is 0 Å². The molecule has 0 amide bonds. The van der Waals surface area contributed by atoms with E-state index in [1.807, 2.05) is 6.92 Å². The average Bonchev–Trinajstić information content (AvgIpc) is 2.04. The number of aliphatic hydroxyl groups is 1. The second-order valence-corrected chi connectivity index (χ2v) is 5.20. The highest BCUT2D eigenvalue weighted by Gasteiger charge is 2.31. The normalized spacial score (nSPS) is 37.8. The van der Waals surface area contributed by atoms with Crippen molar-refractivity contribution in [3.05, 3.63) is 0 Å². The minimum absolute atomic E-state index is 0.114. The second kappa shape index (κ2) is 4.45. The quantitative estimate of drug-likeness (QED) is 0.699. The van der Waals surface area contributed by atoms with Gasteiger partial charge in [0.05, 0.1) is 6.10 Å². The molecule has 1 heteroatoms. The molecule has 1 aliphatic rings. The van der Waals surface area contributed by atoms with Crippen molar-refractivity contribution in [1.29, 1.82) is 0 Å². The van der Waals surface area contributed by atoms with Crippen LogP contribution in [0.2, 0.25) is 0 Å². The Morgan fingerprint density at radius 1 is 1.15 bits per heavy atom. The first kappa shape index (κ1) is 11.0. The molecule has 1 rings (SSSR count). The van der Waals surface area contributed by atoms with Gasteiger partial charge in [0.25, 0.3) is 0 Å². The highest BCUT2D eigenvalue weighted by molar-refractivity contribution is 4.81. The summed E-state index contributed by atoms with van der Waals surface area (Å²) in [6.07, 6.45) is 3.79. The van der Waals surface area contributed by atoms with Gasteiger partial charge in [0.2, 0.25) is 0 Å². The van der Waals surface area contributed by atoms with Crippen molar-refractivity contribution in [2.45, 2.75) is 53.1 Å². The summed E-state index contributed by atoms with van der Waals surface area (Å²) >= 11 is 0. The monoisotopic (exact) mass is 184 g/mol. The van der Waals surface area contributed by atoms with Crippen molar-refractivity contribution in [2.24, 2.45) is 23.7 Å². The molecule has 0 bridgehead atoms. The van der Waals surface area contributed by atoms with Crippen molar-refractivity contribution in [3.8, 4) is 0 Å². The summed E-state index contributed by atoms with van der Waals surface area (Å²) in [5, 5.41) is 9.65. The van der Waals surface area contributed by atoms with Gasteiger partial charge in [0.15, 0.2) is 0 Å². The molecule has 78 valence electrons. The van der Waals surface area contributed by atoms with E-state index in [-0.39, 0.29) is 6.10 Å². The zero-order valence-electron chi connectivity index (χ0n) is 9.46. The van der Waals surface area contributed by atoms with Crippen molar-refractivity contribution in [1.82, 2.24) is 0 Å². The minimum atomic E-state index is -0.114. The summed E-state index contributed by atoms with van der Waals surface area (Å²) < 4.78 is 0. The Bertz CT molecular complexity index is 151. The molecule has 13 heavy (non-hydrogen) atoms. The standard InChI is InChI=1S/C12H24O/c1-8(2)11-6-5-9(3)12(7-11)10(4)13/h8-13H,5-7H2,1-4H3/t9-,10+,11+,12-/m1/s1. The fraction of sp³-hybridized carbons (Fsp3) is 1.00. The van der Waals surface area contributed by atoms with E-state index in [1.165, 1.54) is 19.3 Å². The van der Waals surface area contributed by atoms with E-state index in [4.69, 9.17) is 0 Å². The number of hydrogen-bond acceptors (Lipinski definition) is 1. The summed E-state index contributed by atoms with van der Waals surface area (Å²) in [6.45, 7) is 8.84. The van der Waals surface area contributed by atoms with E-state index in [0.29, 0.717) is 5.92 Å². The van der Waals surface area contributed by atoms with Crippen LogP contribution in [-0.2, 0) is 0 Å². The van der Waals surface area contributed by atoms with Crippen LogP contribution in [0.1, 0.15) is 47.0 Å². The maximum atomic E-state index is 9.65. The lowest BCUT2D eigenvalue weighted by Crippen LogP contribution is -2.32. The zero-order valence-corrected chi connectivity index (χ0v) is 9.46. The van der Waals surface area contributed by atoms with E-state index in [0.717, 1.165) is 17.8 Å². The van der Waals surface area contributed by atoms with Gasteiger partial charge in [-0.3, -0.25) is 0 Å². The molecular formula is C12H24O. The zero-order chi connectivity index (χ0) is 10.0. The van der Waals surface area contributed by atoms with Gasteiger partial charge in [-0.15, -0.1) is 0 Å². The average molecular weight is 184 g/mol. The molecule has 1 aliphatic carbocycles. The first-order valence-electron chi connectivity index (χ1n) is 5.70. The lowest BCUT2D eigenvalue weighted by Gasteiger charge is -2.37. The van der Waals surface area contributed by atoms with Crippen LogP contribution in [-0.4, -0.2) is 11.2 Å². The maximum absolute atomic E-state index is 9.65. The molecular weight excluding hydrogens is 160 g/mol. The first-order chi connectivity index (χ1) is 6.02. The molecule has 1 saturated carbocycles. The fourth-order valence-corrected chi connectivity index (χ4v) is 2.67. The third kappa shape index (κ3) is 2.70. The van der Waals surface area contributed by atoms with Crippen LogP contribution in [0.15, 0.2) is 0 Å². The Labute approximate surface area is 82.5 Å². The van der Waals surface area contributed by atoms with Gasteiger partial charge in [0, 0.05) is 0 Å². The number of hydrogen-bond donors (Lipinski definition) is 1. The number of rotatable bonds is 2. The van der Waals surface area contributed by atoms with Crippen LogP contribution in [0.25, 0.3) is 0 Å². The third-order valence-electron chi connectivity index (χ3n) is 3.86. The molecule has 1 nitrogen and oxygen atoms in total. The predicted octanol–water partition coefficient (Wildman–Crippen LogP) is 3.08. The summed E-state index contributed by atoms with van der Waals surface area (Å²) in [7, 11) is 0. The molecule has 0 unspecified atom stereocenters. The van der Waals surface area contributed by atoms with Crippen LogP contribution in [0.5, 0.6) is 0 Å². The van der Waals surface area contributed by atoms with E-state index >= 15 is 0 Å². The van der Waals surface area contributed by atoms with Crippen molar-refractivity contribution >= 4 is 0 Å². The predicted molar refractivity (Wildman–Crippen MR) is 56.5 cm³/mol. The van der Waals surface area contributed by atoms with Gasteiger partial charge >= 0.3 is 0 Å². The summed E-state index contributed by atoms with van der Waals surface area (Å²) in [6, 6.07) is 0. The Morgan fingerprint density at radius 3 is 2.23 bits per heavy atom. The Kier molecular flexibility index (Phi) is 3.78. The van der Waals surface area contributed by atoms with Crippen molar-refractivity contribution < 1.29 is 5.11 Å². The molecule has 0 spiro atoms. The van der Waals surface area contributed by atoms with Crippen LogP contribution < -0.4 is 0 Å². The summed E-state index contributed by atoms with van der Waals surface area (Å²) in [4.78, 5) is 0. The molecule has 0 heterocycles. The summed E-state index contributed by atoms with van der Waals surface area (Å²) in [5.41, 5.74) is 0. The Balaban J connectivity index is 2.53. The molecule has 0 aromatic carbocycles. The molecule has 0 radical (unpaired) electrons. The van der Waals surface area contributed by atoms with Crippen LogP contribution in [0.4, 0.5) is 0 Å². The largest absolute Gasteiger partial charge is 0.393 e. The summed E-state index contributed by atoms with van der Waals surface area (Å²) in [5.74, 6) is 2.89. The lowest BCUT2D eigenvalue weighted by atomic mass is 9.69. The smallest absolute Gasteiger partial charge is 0.0542 e. The molecule has 0 saturated heterocycles. The molecule has 1 fully saturated rings. The van der Waals surface area contributed by atoms with Gasteiger partial charge < -0.3 is 5.11 Å². The highest BCUT2D eigenvalue weighted by Crippen LogP contribution is 2.38. The topological polar surface area (TPSA) is 20.2 Å². The molecule has 0 aromatic heterocycles. The lowest BCUT2D eigenvalue weighted by molar-refractivity contribution is 0.0390. The molecule has 0 aliphatic heterocycles. The van der Waals surface area contributed by atoms with E-state index in [1.54, 1.807) is 0 Å². The Hall–Kier alpha value is -0.0400. The van der Waals surface area contributed by atoms with Gasteiger partial charge in [0.1, 0.15) is 0 Å². The van der Waals surface area contributed by atoms with Gasteiger partial charge in [-0.1, -0.05) is 27.2 Å². The van der Waals surface area contributed by atoms with Crippen molar-refractivity contribution in [2.75, 3.05) is 0 Å². The van der Waals surface area contributed by atoms with Crippen LogP contribution >= 0.6 is 0 Å². The van der Waals surface area contributed by atoms with Gasteiger partial charge in [-0.05, 0) is 43.4 Å². The molecule has 0 aromatic rings. The SMILES string of the molecule is CC(C)[C@H]1CC[C@@H](C)[C@H]([C@H](C)O)C1. The van der Waals surface area contributed by atoms with E-state index < -0.39 is 0 Å². The van der Waals surface area contributed by atoms with E-state index in [9.17, 15) is 5.11 Å². The number of aliphatic hydroxyl groups excluding tert-OH is 1. The van der Waals surface area contributed by atoms with Crippen LogP contribution in [0.3, 0.4) is 0 Å². The Morgan fingerprint density at radius 2 is 1.77 bits per heavy atom. The third-order valence-corrected chi connectivity index (χ3v) is 3.86. The van der Waals surface area contributed by atoms with Crippen molar-refractivity contribution in [3.63, 3.8) is 0 Å². The second-order valence-electron chi connectivity index (χ2n) is 5.20. The maximum Gasteiger partial charge on any atom is 0.0542 e. The van der Waals surface area contributed by atoms with E-state index in [2.05, 4.69) is 20.8 Å².